The number of hydrazone groups is 1. The van der Waals surface area contributed by atoms with Gasteiger partial charge in [0.25, 0.3) is 5.91 Å². The quantitative estimate of drug-likeness (QED) is 0.832. The molecule has 2 aliphatic heterocycles. The number of methoxy groups -OCH3 is 1. The maximum absolute atomic E-state index is 13.2. The van der Waals surface area contributed by atoms with Crippen LogP contribution in [0.1, 0.15) is 37.6 Å². The van der Waals surface area contributed by atoms with Crippen LogP contribution in [0.25, 0.3) is 0 Å². The van der Waals surface area contributed by atoms with E-state index in [2.05, 4.69) is 13.8 Å². The molecule has 1 fully saturated rings. The number of nitrogens with one attached hydrogen (secondary N) is 1. The van der Waals surface area contributed by atoms with Crippen LogP contribution in [0.4, 0.5) is 0 Å². The summed E-state index contributed by atoms with van der Waals surface area (Å²) < 4.78 is 16.7. The second-order valence-electron chi connectivity index (χ2n) is 7.84. The third-order valence-electron chi connectivity index (χ3n) is 5.48. The van der Waals surface area contributed by atoms with Gasteiger partial charge in [-0.1, -0.05) is 0 Å². The summed E-state index contributed by atoms with van der Waals surface area (Å²) in [5.41, 5.74) is 1.86. The number of quaternary nitrogens is 1. The number of amides is 1. The van der Waals surface area contributed by atoms with Gasteiger partial charge >= 0.3 is 0 Å². The summed E-state index contributed by atoms with van der Waals surface area (Å²) in [6.07, 6.45) is 2.57. The van der Waals surface area contributed by atoms with Gasteiger partial charge in [0, 0.05) is 6.42 Å². The molecule has 1 amide bonds. The summed E-state index contributed by atoms with van der Waals surface area (Å²) in [5, 5.41) is 6.32. The molecule has 3 atom stereocenters. The number of morpholine rings is 1. The number of hydrogen-bond donors (Lipinski definition) is 1. The van der Waals surface area contributed by atoms with Crippen molar-refractivity contribution < 1.29 is 23.6 Å². The van der Waals surface area contributed by atoms with Crippen molar-refractivity contribution in [1.29, 1.82) is 0 Å². The zero-order valence-electron chi connectivity index (χ0n) is 17.1. The number of hydrogen-bond acceptors (Lipinski definition) is 5. The lowest BCUT2D eigenvalue weighted by molar-refractivity contribution is -0.907. The predicted molar refractivity (Wildman–Crippen MR) is 108 cm³/mol. The Morgan fingerprint density at radius 2 is 1.93 bits per heavy atom. The van der Waals surface area contributed by atoms with Crippen LogP contribution < -0.4 is 9.64 Å². The molecule has 1 aromatic carbocycles. The molecule has 1 saturated heterocycles. The zero-order chi connectivity index (χ0) is 20.4. The first-order valence-corrected chi connectivity index (χ1v) is 10.1. The Bertz CT molecular complexity index is 853. The van der Waals surface area contributed by atoms with E-state index in [1.54, 1.807) is 18.4 Å². The molecular formula is C22H28N3O4+. The van der Waals surface area contributed by atoms with Gasteiger partial charge in [0.15, 0.2) is 6.54 Å². The van der Waals surface area contributed by atoms with Crippen LogP contribution in [0.3, 0.4) is 0 Å². The molecule has 2 aliphatic rings. The van der Waals surface area contributed by atoms with Gasteiger partial charge in [0.1, 0.15) is 42.8 Å². The monoisotopic (exact) mass is 398 g/mol. The van der Waals surface area contributed by atoms with Crippen LogP contribution in [0.15, 0.2) is 52.2 Å². The smallest absolute Gasteiger partial charge is 0.298 e. The molecule has 4 rings (SSSR count). The van der Waals surface area contributed by atoms with E-state index in [-0.39, 0.29) is 24.2 Å². The van der Waals surface area contributed by atoms with E-state index in [4.69, 9.17) is 19.0 Å². The van der Waals surface area contributed by atoms with Gasteiger partial charge < -0.3 is 18.8 Å². The second kappa shape index (κ2) is 8.39. The molecule has 29 heavy (non-hydrogen) atoms. The Kier molecular flexibility index (Phi) is 5.69. The minimum atomic E-state index is -0.218. The van der Waals surface area contributed by atoms with E-state index in [1.807, 2.05) is 36.4 Å². The third kappa shape index (κ3) is 4.36. The lowest BCUT2D eigenvalue weighted by Crippen LogP contribution is -3.16. The van der Waals surface area contributed by atoms with Crippen LogP contribution in [0.2, 0.25) is 0 Å². The maximum atomic E-state index is 13.2. The average Bonchev–Trinajstić information content (AvgIpc) is 3.37. The van der Waals surface area contributed by atoms with Crippen molar-refractivity contribution in [3.63, 3.8) is 0 Å². The van der Waals surface area contributed by atoms with Crippen molar-refractivity contribution in [2.45, 2.75) is 38.5 Å². The molecule has 1 aromatic heterocycles. The van der Waals surface area contributed by atoms with Crippen molar-refractivity contribution in [2.24, 2.45) is 5.10 Å². The number of carbonyl (C=O) groups is 1. The SMILES string of the molecule is COc1ccc(C2=NN(C(=O)C[NH+]3C[C@H](C)O[C@@H](C)C3)[C@H](c3ccco3)C2)cc1. The number of rotatable bonds is 5. The summed E-state index contributed by atoms with van der Waals surface area (Å²) in [5.74, 6) is 1.55. The molecule has 3 heterocycles. The van der Waals surface area contributed by atoms with Gasteiger partial charge in [0.05, 0.1) is 19.1 Å². The van der Waals surface area contributed by atoms with Crippen molar-refractivity contribution >= 4 is 11.6 Å². The number of ether oxygens (including phenoxy) is 2. The third-order valence-corrected chi connectivity index (χ3v) is 5.48. The molecule has 0 radical (unpaired) electrons. The average molecular weight is 398 g/mol. The first-order valence-electron chi connectivity index (χ1n) is 10.1. The van der Waals surface area contributed by atoms with Gasteiger partial charge in [0.2, 0.25) is 0 Å². The van der Waals surface area contributed by atoms with Gasteiger partial charge in [-0.3, -0.25) is 4.79 Å². The molecule has 0 saturated carbocycles. The predicted octanol–water partition coefficient (Wildman–Crippen LogP) is 1.66. The lowest BCUT2D eigenvalue weighted by atomic mass is 10.0. The van der Waals surface area contributed by atoms with Gasteiger partial charge in [-0.05, 0) is 55.8 Å². The molecule has 2 aromatic rings. The second-order valence-corrected chi connectivity index (χ2v) is 7.84. The maximum Gasteiger partial charge on any atom is 0.298 e. The molecule has 0 aliphatic carbocycles. The van der Waals surface area contributed by atoms with Crippen molar-refractivity contribution in [3.8, 4) is 5.75 Å². The minimum Gasteiger partial charge on any atom is -0.497 e. The molecule has 1 N–H and O–H groups in total. The van der Waals surface area contributed by atoms with Crippen LogP contribution in [0.5, 0.6) is 5.75 Å². The first kappa shape index (κ1) is 19.7. The fourth-order valence-electron chi connectivity index (χ4n) is 4.23. The topological polar surface area (TPSA) is 68.7 Å². The summed E-state index contributed by atoms with van der Waals surface area (Å²) in [6, 6.07) is 11.3. The summed E-state index contributed by atoms with van der Waals surface area (Å²) in [7, 11) is 1.64. The highest BCUT2D eigenvalue weighted by molar-refractivity contribution is 6.03. The standard InChI is InChI=1S/C22H27N3O4/c1-15-12-24(13-16(2)29-15)14-22(26)25-20(21-5-4-10-28-21)11-19(23-25)17-6-8-18(27-3)9-7-17/h4-10,15-16,20H,11-14H2,1-3H3/p+1/t15-,16-,20-/m0/s1. The van der Waals surface area contributed by atoms with Gasteiger partial charge in [-0.2, -0.15) is 5.10 Å². The normalized spacial score (nSPS) is 27.0. The van der Waals surface area contributed by atoms with E-state index in [9.17, 15) is 4.79 Å². The highest BCUT2D eigenvalue weighted by Crippen LogP contribution is 2.33. The van der Waals surface area contributed by atoms with E-state index in [0.29, 0.717) is 13.0 Å². The van der Waals surface area contributed by atoms with Crippen LogP contribution >= 0.6 is 0 Å². The van der Waals surface area contributed by atoms with Gasteiger partial charge in [-0.25, -0.2) is 5.01 Å². The van der Waals surface area contributed by atoms with Crippen molar-refractivity contribution in [1.82, 2.24) is 5.01 Å². The molecule has 0 bridgehead atoms. The van der Waals surface area contributed by atoms with Gasteiger partial charge in [-0.15, -0.1) is 0 Å². The largest absolute Gasteiger partial charge is 0.497 e. The molecule has 154 valence electrons. The van der Waals surface area contributed by atoms with Crippen LogP contribution in [0, 0.1) is 0 Å². The first-order chi connectivity index (χ1) is 14.0. The zero-order valence-corrected chi connectivity index (χ0v) is 17.1. The van der Waals surface area contributed by atoms with Crippen LogP contribution in [-0.4, -0.2) is 55.6 Å². The number of carbonyl (C=O) groups excluding carboxylic acids is 1. The summed E-state index contributed by atoms with van der Waals surface area (Å²) >= 11 is 0. The highest BCUT2D eigenvalue weighted by atomic mass is 16.5. The number of nitrogens with zero attached hydrogens (tertiary/aromatic N) is 2. The Balaban J connectivity index is 1.55. The Labute approximate surface area is 170 Å². The van der Waals surface area contributed by atoms with Crippen molar-refractivity contribution in [2.75, 3.05) is 26.7 Å². The van der Waals surface area contributed by atoms with E-state index in [1.165, 1.54) is 4.90 Å². The number of furan rings is 1. The molecule has 0 spiro atoms. The summed E-state index contributed by atoms with van der Waals surface area (Å²) in [4.78, 5) is 14.4. The molecule has 7 nitrogen and oxygen atoms in total. The summed E-state index contributed by atoms with van der Waals surface area (Å²) in [6.45, 7) is 6.16. The lowest BCUT2D eigenvalue weighted by Gasteiger charge is -2.32. The Hall–Kier alpha value is -2.64. The molecule has 0 unspecified atom stereocenters. The highest BCUT2D eigenvalue weighted by Gasteiger charge is 2.37. The fraction of sp³-hybridized carbons (Fsp3) is 0.455. The fourth-order valence-corrected chi connectivity index (χ4v) is 4.23. The van der Waals surface area contributed by atoms with E-state index >= 15 is 0 Å². The minimum absolute atomic E-state index is 0.00575. The molecule has 7 heteroatoms. The van der Waals surface area contributed by atoms with E-state index in [0.717, 1.165) is 35.9 Å². The number of benzene rings is 1. The Morgan fingerprint density at radius 1 is 1.21 bits per heavy atom. The van der Waals surface area contributed by atoms with Crippen LogP contribution in [-0.2, 0) is 9.53 Å². The van der Waals surface area contributed by atoms with Crippen molar-refractivity contribution in [3.05, 3.63) is 54.0 Å². The van der Waals surface area contributed by atoms with E-state index < -0.39 is 0 Å². The molecular weight excluding hydrogens is 370 g/mol. The Morgan fingerprint density at radius 3 is 2.55 bits per heavy atom.